The van der Waals surface area contributed by atoms with Gasteiger partial charge in [-0.25, -0.2) is 0 Å². The number of rotatable bonds is 3. The van der Waals surface area contributed by atoms with E-state index in [2.05, 4.69) is 11.4 Å². The SMILES string of the molecule is N#CC1CCCCC1NCC1CCCC1O. The van der Waals surface area contributed by atoms with E-state index in [0.717, 1.165) is 38.6 Å². The number of nitrogens with zero attached hydrogens (tertiary/aromatic N) is 1. The van der Waals surface area contributed by atoms with Gasteiger partial charge in [-0.05, 0) is 31.6 Å². The van der Waals surface area contributed by atoms with Crippen LogP contribution >= 0.6 is 0 Å². The molecule has 2 N–H and O–H groups in total. The molecule has 0 aromatic heterocycles. The molecule has 2 aliphatic carbocycles. The van der Waals surface area contributed by atoms with Crippen LogP contribution < -0.4 is 5.32 Å². The Balaban J connectivity index is 1.77. The van der Waals surface area contributed by atoms with Crippen molar-refractivity contribution < 1.29 is 5.11 Å². The summed E-state index contributed by atoms with van der Waals surface area (Å²) in [6.45, 7) is 0.893. The Labute approximate surface area is 97.8 Å². The lowest BCUT2D eigenvalue weighted by atomic mass is 9.85. The number of nitrogens with one attached hydrogen (secondary N) is 1. The minimum atomic E-state index is -0.114. The van der Waals surface area contributed by atoms with Crippen LogP contribution in [-0.2, 0) is 0 Å². The summed E-state index contributed by atoms with van der Waals surface area (Å²) in [6.07, 6.45) is 7.74. The maximum Gasteiger partial charge on any atom is 0.0672 e. The van der Waals surface area contributed by atoms with Crippen LogP contribution in [0.25, 0.3) is 0 Å². The van der Waals surface area contributed by atoms with Crippen LogP contribution in [-0.4, -0.2) is 23.8 Å². The molecule has 0 aromatic carbocycles. The largest absolute Gasteiger partial charge is 0.393 e. The molecule has 0 amide bonds. The van der Waals surface area contributed by atoms with E-state index in [1.54, 1.807) is 0 Å². The van der Waals surface area contributed by atoms with Gasteiger partial charge in [0.1, 0.15) is 0 Å². The molecule has 0 radical (unpaired) electrons. The predicted molar refractivity (Wildman–Crippen MR) is 62.7 cm³/mol. The Kier molecular flexibility index (Phi) is 4.20. The second-order valence-corrected chi connectivity index (χ2v) is 5.29. The Hall–Kier alpha value is -0.590. The highest BCUT2D eigenvalue weighted by Crippen LogP contribution is 2.27. The van der Waals surface area contributed by atoms with Gasteiger partial charge in [-0.2, -0.15) is 5.26 Å². The normalized spacial score (nSPS) is 39.5. The van der Waals surface area contributed by atoms with Gasteiger partial charge in [0.15, 0.2) is 0 Å². The molecule has 2 aliphatic rings. The third kappa shape index (κ3) is 2.75. The Morgan fingerprint density at radius 1 is 1.12 bits per heavy atom. The number of hydrogen-bond acceptors (Lipinski definition) is 3. The standard InChI is InChI=1S/C13H22N2O/c14-8-10-4-1-2-6-12(10)15-9-11-5-3-7-13(11)16/h10-13,15-16H,1-7,9H2. The van der Waals surface area contributed by atoms with Gasteiger partial charge >= 0.3 is 0 Å². The van der Waals surface area contributed by atoms with E-state index in [4.69, 9.17) is 5.26 Å². The molecule has 3 nitrogen and oxygen atoms in total. The number of nitriles is 1. The van der Waals surface area contributed by atoms with E-state index >= 15 is 0 Å². The number of aliphatic hydroxyl groups excluding tert-OH is 1. The molecule has 0 saturated heterocycles. The second-order valence-electron chi connectivity index (χ2n) is 5.29. The second kappa shape index (κ2) is 5.65. The molecule has 0 spiro atoms. The molecular formula is C13H22N2O. The van der Waals surface area contributed by atoms with E-state index in [0.29, 0.717) is 12.0 Å². The fourth-order valence-corrected chi connectivity index (χ4v) is 3.09. The Bertz CT molecular complexity index is 261. The molecule has 0 aliphatic heterocycles. The smallest absolute Gasteiger partial charge is 0.0672 e. The zero-order valence-corrected chi connectivity index (χ0v) is 9.86. The van der Waals surface area contributed by atoms with Gasteiger partial charge in [-0.1, -0.05) is 19.3 Å². The quantitative estimate of drug-likeness (QED) is 0.766. The van der Waals surface area contributed by atoms with E-state index in [9.17, 15) is 5.11 Å². The average molecular weight is 222 g/mol. The van der Waals surface area contributed by atoms with Crippen LogP contribution in [0.4, 0.5) is 0 Å². The van der Waals surface area contributed by atoms with Crippen molar-refractivity contribution in [3.05, 3.63) is 0 Å². The maximum atomic E-state index is 9.74. The molecule has 2 rings (SSSR count). The van der Waals surface area contributed by atoms with Gasteiger partial charge in [0, 0.05) is 12.6 Å². The lowest BCUT2D eigenvalue weighted by Crippen LogP contribution is -2.41. The average Bonchev–Trinajstić information content (AvgIpc) is 2.72. The van der Waals surface area contributed by atoms with Crippen molar-refractivity contribution in [2.24, 2.45) is 11.8 Å². The van der Waals surface area contributed by atoms with Gasteiger partial charge in [0.25, 0.3) is 0 Å². The Morgan fingerprint density at radius 3 is 2.62 bits per heavy atom. The van der Waals surface area contributed by atoms with E-state index in [-0.39, 0.29) is 12.0 Å². The molecule has 0 heterocycles. The minimum absolute atomic E-state index is 0.114. The highest BCUT2D eigenvalue weighted by Gasteiger charge is 2.28. The number of aliphatic hydroxyl groups is 1. The molecule has 16 heavy (non-hydrogen) atoms. The van der Waals surface area contributed by atoms with Crippen molar-refractivity contribution in [2.75, 3.05) is 6.54 Å². The summed E-state index contributed by atoms with van der Waals surface area (Å²) in [5, 5.41) is 22.3. The first-order chi connectivity index (χ1) is 7.81. The molecule has 2 saturated carbocycles. The molecule has 4 unspecified atom stereocenters. The van der Waals surface area contributed by atoms with E-state index in [1.807, 2.05) is 0 Å². The molecule has 4 atom stereocenters. The zero-order chi connectivity index (χ0) is 11.4. The van der Waals surface area contributed by atoms with Gasteiger partial charge in [-0.3, -0.25) is 0 Å². The first-order valence-corrected chi connectivity index (χ1v) is 6.62. The van der Waals surface area contributed by atoms with E-state index in [1.165, 1.54) is 12.8 Å². The number of hydrogen-bond donors (Lipinski definition) is 2. The predicted octanol–water partition coefficient (Wildman–Crippen LogP) is 1.82. The summed E-state index contributed by atoms with van der Waals surface area (Å²) in [5.74, 6) is 0.605. The van der Waals surface area contributed by atoms with E-state index < -0.39 is 0 Å². The molecule has 2 fully saturated rings. The van der Waals surface area contributed by atoms with Crippen molar-refractivity contribution in [2.45, 2.75) is 57.1 Å². The third-order valence-corrected chi connectivity index (χ3v) is 4.19. The first-order valence-electron chi connectivity index (χ1n) is 6.62. The van der Waals surface area contributed by atoms with Crippen molar-refractivity contribution in [3.63, 3.8) is 0 Å². The van der Waals surface area contributed by atoms with Crippen LogP contribution in [0.2, 0.25) is 0 Å². The first kappa shape index (κ1) is 11.9. The summed E-state index contributed by atoms with van der Waals surface area (Å²) < 4.78 is 0. The van der Waals surface area contributed by atoms with Gasteiger partial charge < -0.3 is 10.4 Å². The van der Waals surface area contributed by atoms with Crippen LogP contribution in [0.15, 0.2) is 0 Å². The fourth-order valence-electron chi connectivity index (χ4n) is 3.09. The summed E-state index contributed by atoms with van der Waals surface area (Å²) in [5.41, 5.74) is 0. The van der Waals surface area contributed by atoms with Crippen LogP contribution in [0.5, 0.6) is 0 Å². The fraction of sp³-hybridized carbons (Fsp3) is 0.923. The van der Waals surface area contributed by atoms with Crippen LogP contribution in [0.1, 0.15) is 44.9 Å². The van der Waals surface area contributed by atoms with Crippen LogP contribution in [0, 0.1) is 23.2 Å². The molecule has 3 heteroatoms. The topological polar surface area (TPSA) is 56.0 Å². The zero-order valence-electron chi connectivity index (χ0n) is 9.86. The lowest BCUT2D eigenvalue weighted by molar-refractivity contribution is 0.127. The monoisotopic (exact) mass is 222 g/mol. The van der Waals surface area contributed by atoms with Crippen molar-refractivity contribution >= 4 is 0 Å². The minimum Gasteiger partial charge on any atom is -0.393 e. The van der Waals surface area contributed by atoms with Gasteiger partial charge in [0.05, 0.1) is 18.1 Å². The summed E-state index contributed by atoms with van der Waals surface area (Å²) in [6, 6.07) is 2.78. The maximum absolute atomic E-state index is 9.74. The van der Waals surface area contributed by atoms with Crippen LogP contribution in [0.3, 0.4) is 0 Å². The Morgan fingerprint density at radius 2 is 1.94 bits per heavy atom. The van der Waals surface area contributed by atoms with Gasteiger partial charge in [0.2, 0.25) is 0 Å². The summed E-state index contributed by atoms with van der Waals surface area (Å²) in [7, 11) is 0. The van der Waals surface area contributed by atoms with Gasteiger partial charge in [-0.15, -0.1) is 0 Å². The molecule has 90 valence electrons. The highest BCUT2D eigenvalue weighted by atomic mass is 16.3. The summed E-state index contributed by atoms with van der Waals surface area (Å²) >= 11 is 0. The third-order valence-electron chi connectivity index (χ3n) is 4.19. The highest BCUT2D eigenvalue weighted by molar-refractivity contribution is 4.95. The molecule has 0 aromatic rings. The van der Waals surface area contributed by atoms with Crippen molar-refractivity contribution in [1.82, 2.24) is 5.32 Å². The van der Waals surface area contributed by atoms with Crippen molar-refractivity contribution in [3.8, 4) is 6.07 Å². The molecule has 0 bridgehead atoms. The van der Waals surface area contributed by atoms with Crippen molar-refractivity contribution in [1.29, 1.82) is 5.26 Å². The molecular weight excluding hydrogens is 200 g/mol. The summed E-state index contributed by atoms with van der Waals surface area (Å²) in [4.78, 5) is 0. The lowest BCUT2D eigenvalue weighted by Gasteiger charge is -2.29.